The highest BCUT2D eigenvalue weighted by atomic mass is 32.2. The molecule has 1 amide bonds. The Morgan fingerprint density at radius 3 is 2.48 bits per heavy atom. The molecule has 134 valence electrons. The minimum Gasteiger partial charge on any atom is -0.468 e. The summed E-state index contributed by atoms with van der Waals surface area (Å²) < 4.78 is 9.85. The summed E-state index contributed by atoms with van der Waals surface area (Å²) in [6, 6.07) is 3.73. The molecule has 6 nitrogen and oxygen atoms in total. The van der Waals surface area contributed by atoms with E-state index in [1.54, 1.807) is 6.08 Å². The van der Waals surface area contributed by atoms with Gasteiger partial charge in [-0.3, -0.25) is 14.4 Å². The van der Waals surface area contributed by atoms with Gasteiger partial charge >= 0.3 is 11.9 Å². The highest BCUT2D eigenvalue weighted by molar-refractivity contribution is 8.04. The van der Waals surface area contributed by atoms with Crippen molar-refractivity contribution >= 4 is 35.7 Å². The van der Waals surface area contributed by atoms with E-state index >= 15 is 0 Å². The number of carbonyl (C=O) groups excluding carboxylic acids is 3. The predicted molar refractivity (Wildman–Crippen MR) is 96.3 cm³/mol. The van der Waals surface area contributed by atoms with Crippen LogP contribution in [0.25, 0.3) is 6.08 Å². The second kappa shape index (κ2) is 8.20. The maximum absolute atomic E-state index is 12.5. The molecule has 0 radical (unpaired) electrons. The van der Waals surface area contributed by atoms with Gasteiger partial charge in [-0.15, -0.1) is 11.8 Å². The van der Waals surface area contributed by atoms with Crippen molar-refractivity contribution in [1.82, 2.24) is 4.90 Å². The van der Waals surface area contributed by atoms with Crippen molar-refractivity contribution in [2.24, 2.45) is 0 Å². The molecule has 1 saturated heterocycles. The number of aryl methyl sites for hydroxylation is 2. The first-order valence-corrected chi connectivity index (χ1v) is 8.80. The molecule has 1 aromatic rings. The van der Waals surface area contributed by atoms with Crippen LogP contribution in [0.1, 0.15) is 23.6 Å². The van der Waals surface area contributed by atoms with Gasteiger partial charge in [0.25, 0.3) is 5.91 Å². The number of hydrogen-bond donors (Lipinski definition) is 0. The second-order valence-corrected chi connectivity index (χ2v) is 6.87. The molecule has 0 spiro atoms. The average molecular weight is 363 g/mol. The number of carbonyl (C=O) groups is 3. The van der Waals surface area contributed by atoms with Crippen LogP contribution in [0.3, 0.4) is 0 Å². The Kier molecular flexibility index (Phi) is 6.25. The normalized spacial score (nSPS) is 16.1. The van der Waals surface area contributed by atoms with Crippen molar-refractivity contribution in [2.75, 3.05) is 26.0 Å². The summed E-state index contributed by atoms with van der Waals surface area (Å²) in [7, 11) is 1.30. The van der Waals surface area contributed by atoms with Gasteiger partial charge in [-0.25, -0.2) is 0 Å². The molecule has 1 aliphatic rings. The SMILES string of the molecule is COC(=O)CN1CCSC(=Cc2cc(C)c(OC(C)=O)c(C)c2)C1=O. The van der Waals surface area contributed by atoms with Crippen molar-refractivity contribution in [2.45, 2.75) is 20.8 Å². The van der Waals surface area contributed by atoms with Gasteiger partial charge < -0.3 is 14.4 Å². The standard InChI is InChI=1S/C18H21NO5S/c1-11-7-14(8-12(2)17(11)24-13(3)20)9-15-18(22)19(5-6-25-15)10-16(21)23-4/h7-9H,5-6,10H2,1-4H3. The summed E-state index contributed by atoms with van der Waals surface area (Å²) >= 11 is 1.46. The van der Waals surface area contributed by atoms with Crippen LogP contribution in [0, 0.1) is 13.8 Å². The van der Waals surface area contributed by atoms with Gasteiger partial charge in [0.1, 0.15) is 12.3 Å². The van der Waals surface area contributed by atoms with Gasteiger partial charge in [0.15, 0.2) is 0 Å². The zero-order valence-electron chi connectivity index (χ0n) is 14.8. The smallest absolute Gasteiger partial charge is 0.325 e. The van der Waals surface area contributed by atoms with Gasteiger partial charge in [0.2, 0.25) is 0 Å². The molecule has 0 N–H and O–H groups in total. The lowest BCUT2D eigenvalue weighted by Crippen LogP contribution is -2.40. The van der Waals surface area contributed by atoms with Gasteiger partial charge in [0, 0.05) is 19.2 Å². The van der Waals surface area contributed by atoms with E-state index in [-0.39, 0.29) is 18.4 Å². The Labute approximate surface area is 151 Å². The monoisotopic (exact) mass is 363 g/mol. The Morgan fingerprint density at radius 1 is 1.28 bits per heavy atom. The summed E-state index contributed by atoms with van der Waals surface area (Å²) in [6.45, 7) is 5.54. The fraction of sp³-hybridized carbons (Fsp3) is 0.389. The Balaban J connectivity index is 2.25. The predicted octanol–water partition coefficient (Wildman–Crippen LogP) is 2.32. The Bertz CT molecular complexity index is 718. The van der Waals surface area contributed by atoms with Crippen LogP contribution in [0.2, 0.25) is 0 Å². The van der Waals surface area contributed by atoms with Crippen LogP contribution >= 0.6 is 11.8 Å². The zero-order chi connectivity index (χ0) is 18.6. The lowest BCUT2D eigenvalue weighted by Gasteiger charge is -2.27. The minimum absolute atomic E-state index is 0.0450. The third kappa shape index (κ3) is 4.85. The van der Waals surface area contributed by atoms with Gasteiger partial charge in [0.05, 0.1) is 12.0 Å². The van der Waals surface area contributed by atoms with Crippen LogP contribution in [0.4, 0.5) is 0 Å². The number of ether oxygens (including phenoxy) is 2. The summed E-state index contributed by atoms with van der Waals surface area (Å²) in [5, 5.41) is 0. The third-order valence-corrected chi connectivity index (χ3v) is 4.68. The molecule has 1 aromatic carbocycles. The summed E-state index contributed by atoms with van der Waals surface area (Å²) in [6.07, 6.45) is 1.80. The zero-order valence-corrected chi connectivity index (χ0v) is 15.6. The third-order valence-electron chi connectivity index (χ3n) is 3.69. The Morgan fingerprint density at radius 2 is 1.92 bits per heavy atom. The number of thioether (sulfide) groups is 1. The van der Waals surface area contributed by atoms with E-state index in [0.717, 1.165) is 22.4 Å². The molecule has 0 aliphatic carbocycles. The molecule has 1 heterocycles. The number of benzene rings is 1. The first kappa shape index (κ1) is 19.1. The van der Waals surface area contributed by atoms with E-state index in [1.807, 2.05) is 26.0 Å². The van der Waals surface area contributed by atoms with Crippen LogP contribution < -0.4 is 4.74 Å². The van der Waals surface area contributed by atoms with Gasteiger partial charge in [-0.05, 0) is 48.7 Å². The van der Waals surface area contributed by atoms with E-state index < -0.39 is 5.97 Å². The average Bonchev–Trinajstić information content (AvgIpc) is 2.54. The van der Waals surface area contributed by atoms with Crippen molar-refractivity contribution in [3.05, 3.63) is 33.7 Å². The molecule has 0 aromatic heterocycles. The molecule has 7 heteroatoms. The van der Waals surface area contributed by atoms with Crippen molar-refractivity contribution in [1.29, 1.82) is 0 Å². The second-order valence-electron chi connectivity index (χ2n) is 5.74. The molecule has 1 aliphatic heterocycles. The highest BCUT2D eigenvalue weighted by Gasteiger charge is 2.26. The molecule has 25 heavy (non-hydrogen) atoms. The molecule has 1 fully saturated rings. The number of nitrogens with zero attached hydrogens (tertiary/aromatic N) is 1. The number of amides is 1. The summed E-state index contributed by atoms with van der Waals surface area (Å²) in [4.78, 5) is 37.2. The molecule has 0 unspecified atom stereocenters. The molecule has 2 rings (SSSR count). The fourth-order valence-corrected chi connectivity index (χ4v) is 3.59. The van der Waals surface area contributed by atoms with Crippen LogP contribution in [-0.2, 0) is 19.1 Å². The summed E-state index contributed by atoms with van der Waals surface area (Å²) in [5.74, 6) is 0.286. The van der Waals surface area contributed by atoms with Gasteiger partial charge in [-0.2, -0.15) is 0 Å². The van der Waals surface area contributed by atoms with E-state index in [1.165, 1.54) is 30.7 Å². The number of rotatable bonds is 4. The molecular formula is C18H21NO5S. The van der Waals surface area contributed by atoms with E-state index in [2.05, 4.69) is 4.74 Å². The maximum Gasteiger partial charge on any atom is 0.325 e. The van der Waals surface area contributed by atoms with E-state index in [0.29, 0.717) is 17.2 Å². The summed E-state index contributed by atoms with van der Waals surface area (Å²) in [5.41, 5.74) is 2.49. The minimum atomic E-state index is -0.433. The van der Waals surface area contributed by atoms with Crippen LogP contribution in [0.5, 0.6) is 5.75 Å². The lowest BCUT2D eigenvalue weighted by atomic mass is 10.0. The largest absolute Gasteiger partial charge is 0.468 e. The van der Waals surface area contributed by atoms with Crippen molar-refractivity contribution in [3.8, 4) is 5.75 Å². The first-order valence-electron chi connectivity index (χ1n) is 7.82. The van der Waals surface area contributed by atoms with Gasteiger partial charge in [-0.1, -0.05) is 0 Å². The first-order chi connectivity index (χ1) is 11.8. The molecule has 0 bridgehead atoms. The van der Waals surface area contributed by atoms with Crippen LogP contribution in [0.15, 0.2) is 17.0 Å². The van der Waals surface area contributed by atoms with Crippen molar-refractivity contribution < 1.29 is 23.9 Å². The fourth-order valence-electron chi connectivity index (χ4n) is 2.58. The molecule has 0 atom stereocenters. The maximum atomic E-state index is 12.5. The van der Waals surface area contributed by atoms with Crippen LogP contribution in [-0.4, -0.2) is 48.7 Å². The Hall–Kier alpha value is -2.28. The van der Waals surface area contributed by atoms with Crippen molar-refractivity contribution in [3.63, 3.8) is 0 Å². The number of hydrogen-bond acceptors (Lipinski definition) is 6. The number of esters is 2. The highest BCUT2D eigenvalue weighted by Crippen LogP contribution is 2.30. The molecule has 0 saturated carbocycles. The quantitative estimate of drug-likeness (QED) is 0.464. The van der Waals surface area contributed by atoms with E-state index in [9.17, 15) is 14.4 Å². The topological polar surface area (TPSA) is 72.9 Å². The van der Waals surface area contributed by atoms with E-state index in [4.69, 9.17) is 4.74 Å². The lowest BCUT2D eigenvalue weighted by molar-refractivity contribution is -0.145. The molecular weight excluding hydrogens is 342 g/mol. The number of methoxy groups -OCH3 is 1.